The number of hydrazone groups is 1. The third-order valence-corrected chi connectivity index (χ3v) is 6.80. The second kappa shape index (κ2) is 6.29. The van der Waals surface area contributed by atoms with Gasteiger partial charge < -0.3 is 0 Å². The Hall–Kier alpha value is -1.92. The third kappa shape index (κ3) is 3.89. The van der Waals surface area contributed by atoms with Gasteiger partial charge in [-0.05, 0) is 38.5 Å². The topological polar surface area (TPSA) is 108 Å². The number of benzene rings is 1. The molecule has 1 aliphatic heterocycles. The van der Waals surface area contributed by atoms with Crippen molar-refractivity contribution in [1.82, 2.24) is 4.41 Å². The fourth-order valence-corrected chi connectivity index (χ4v) is 5.68. The van der Waals surface area contributed by atoms with Gasteiger partial charge in [0.1, 0.15) is 0 Å². The standard InChI is InChI=1S/C14H17N3O4S2/c1-11(2)16-17(13-6-7-22(18,19)10-13)23(20,21)14-5-3-4-12(8-14)9-15/h3-5,8,13H,6-7,10H2,1-2H3/t13-/m0/s1. The predicted molar refractivity (Wildman–Crippen MR) is 86.0 cm³/mol. The smallest absolute Gasteiger partial charge is 0.229 e. The largest absolute Gasteiger partial charge is 0.279 e. The maximum absolute atomic E-state index is 12.8. The van der Waals surface area contributed by atoms with Crippen LogP contribution in [0.5, 0.6) is 0 Å². The summed E-state index contributed by atoms with van der Waals surface area (Å²) in [5, 5.41) is 13.0. The molecule has 0 saturated carbocycles. The Morgan fingerprint density at radius 1 is 1.39 bits per heavy atom. The number of nitriles is 1. The molecule has 9 heteroatoms. The van der Waals surface area contributed by atoms with Crippen LogP contribution in [0, 0.1) is 11.3 Å². The zero-order valence-corrected chi connectivity index (χ0v) is 14.4. The lowest BCUT2D eigenvalue weighted by atomic mass is 10.2. The molecule has 2 rings (SSSR count). The van der Waals surface area contributed by atoms with Crippen molar-refractivity contribution in [2.45, 2.75) is 31.2 Å². The zero-order chi connectivity index (χ0) is 17.3. The number of sulfonamides is 1. The van der Waals surface area contributed by atoms with Gasteiger partial charge in [0.05, 0.1) is 34.1 Å². The third-order valence-electron chi connectivity index (χ3n) is 3.33. The predicted octanol–water partition coefficient (Wildman–Crippen LogP) is 1.13. The van der Waals surface area contributed by atoms with Crippen molar-refractivity contribution in [3.63, 3.8) is 0 Å². The number of nitrogens with zero attached hydrogens (tertiary/aromatic N) is 3. The molecule has 1 atom stereocenters. The molecule has 1 saturated heterocycles. The number of hydrogen-bond donors (Lipinski definition) is 0. The molecular weight excluding hydrogens is 338 g/mol. The van der Waals surface area contributed by atoms with E-state index in [1.807, 2.05) is 6.07 Å². The molecule has 1 aromatic rings. The molecule has 7 nitrogen and oxygen atoms in total. The van der Waals surface area contributed by atoms with Gasteiger partial charge in [-0.25, -0.2) is 8.42 Å². The van der Waals surface area contributed by atoms with Crippen LogP contribution in [0.1, 0.15) is 25.8 Å². The van der Waals surface area contributed by atoms with E-state index in [1.54, 1.807) is 13.8 Å². The maximum Gasteiger partial charge on any atom is 0.279 e. The van der Waals surface area contributed by atoms with Crippen LogP contribution in [0.15, 0.2) is 34.3 Å². The molecule has 0 N–H and O–H groups in total. The molecule has 0 aliphatic carbocycles. The van der Waals surface area contributed by atoms with Crippen molar-refractivity contribution in [2.24, 2.45) is 5.10 Å². The molecule has 1 aromatic carbocycles. The van der Waals surface area contributed by atoms with Crippen LogP contribution in [-0.4, -0.2) is 44.5 Å². The van der Waals surface area contributed by atoms with Crippen LogP contribution in [-0.2, 0) is 19.9 Å². The van der Waals surface area contributed by atoms with Gasteiger partial charge in [0.15, 0.2) is 9.84 Å². The Bertz CT molecular complexity index is 879. The summed E-state index contributed by atoms with van der Waals surface area (Å²) in [6.45, 7) is 3.27. The van der Waals surface area contributed by atoms with E-state index in [9.17, 15) is 16.8 Å². The minimum Gasteiger partial charge on any atom is -0.229 e. The van der Waals surface area contributed by atoms with E-state index in [4.69, 9.17) is 5.26 Å². The first-order chi connectivity index (χ1) is 10.7. The lowest BCUT2D eigenvalue weighted by Gasteiger charge is -2.25. The van der Waals surface area contributed by atoms with Crippen molar-refractivity contribution >= 4 is 25.6 Å². The summed E-state index contributed by atoms with van der Waals surface area (Å²) >= 11 is 0. The molecular formula is C14H17N3O4S2. The lowest BCUT2D eigenvalue weighted by molar-refractivity contribution is 0.355. The quantitative estimate of drug-likeness (QED) is 0.594. The van der Waals surface area contributed by atoms with Crippen LogP contribution in [0.25, 0.3) is 0 Å². The number of hydrogen-bond acceptors (Lipinski definition) is 6. The van der Waals surface area contributed by atoms with Crippen LogP contribution in [0.3, 0.4) is 0 Å². The first kappa shape index (κ1) is 17.4. The van der Waals surface area contributed by atoms with Crippen LogP contribution in [0.2, 0.25) is 0 Å². The highest BCUT2D eigenvalue weighted by Crippen LogP contribution is 2.26. The summed E-state index contributed by atoms with van der Waals surface area (Å²) in [6, 6.07) is 6.75. The molecule has 0 spiro atoms. The maximum atomic E-state index is 12.8. The van der Waals surface area contributed by atoms with Crippen molar-refractivity contribution in [1.29, 1.82) is 5.26 Å². The van der Waals surface area contributed by atoms with Crippen LogP contribution >= 0.6 is 0 Å². The van der Waals surface area contributed by atoms with E-state index in [0.29, 0.717) is 5.71 Å². The highest BCUT2D eigenvalue weighted by Gasteiger charge is 2.38. The number of sulfone groups is 1. The Morgan fingerprint density at radius 3 is 2.61 bits per heavy atom. The van der Waals surface area contributed by atoms with E-state index in [0.717, 1.165) is 4.41 Å². The van der Waals surface area contributed by atoms with Gasteiger partial charge in [0.2, 0.25) is 0 Å². The first-order valence-corrected chi connectivity index (χ1v) is 10.2. The average Bonchev–Trinajstić information content (AvgIpc) is 2.84. The summed E-state index contributed by atoms with van der Waals surface area (Å²) in [6.07, 6.45) is 0.205. The van der Waals surface area contributed by atoms with Crippen molar-refractivity contribution < 1.29 is 16.8 Å². The van der Waals surface area contributed by atoms with Gasteiger partial charge in [-0.1, -0.05) is 6.07 Å². The SMILES string of the molecule is CC(C)=NN([C@H]1CCS(=O)(=O)C1)S(=O)(=O)c1cccc(C#N)c1. The highest BCUT2D eigenvalue weighted by atomic mass is 32.2. The minimum atomic E-state index is -4.03. The van der Waals surface area contributed by atoms with Crippen molar-refractivity contribution in [3.8, 4) is 6.07 Å². The van der Waals surface area contributed by atoms with Crippen molar-refractivity contribution in [3.05, 3.63) is 29.8 Å². The van der Waals surface area contributed by atoms with Gasteiger partial charge in [0, 0.05) is 5.71 Å². The Morgan fingerprint density at radius 2 is 2.09 bits per heavy atom. The summed E-state index contributed by atoms with van der Waals surface area (Å²) in [5.74, 6) is -0.304. The van der Waals surface area contributed by atoms with E-state index in [-0.39, 0.29) is 28.4 Å². The van der Waals surface area contributed by atoms with E-state index in [2.05, 4.69) is 5.10 Å². The highest BCUT2D eigenvalue weighted by molar-refractivity contribution is 7.92. The molecule has 0 bridgehead atoms. The average molecular weight is 355 g/mol. The molecule has 124 valence electrons. The fourth-order valence-electron chi connectivity index (χ4n) is 2.31. The van der Waals surface area contributed by atoms with Gasteiger partial charge in [-0.15, -0.1) is 0 Å². The van der Waals surface area contributed by atoms with Gasteiger partial charge in [0.25, 0.3) is 10.0 Å². The summed E-state index contributed by atoms with van der Waals surface area (Å²) < 4.78 is 49.9. The lowest BCUT2D eigenvalue weighted by Crippen LogP contribution is -2.37. The Balaban J connectivity index is 2.50. The van der Waals surface area contributed by atoms with Gasteiger partial charge in [-0.2, -0.15) is 23.2 Å². The van der Waals surface area contributed by atoms with Crippen LogP contribution < -0.4 is 0 Å². The second-order valence-corrected chi connectivity index (χ2v) is 9.55. The minimum absolute atomic E-state index is 0.0554. The molecule has 1 aliphatic rings. The molecule has 23 heavy (non-hydrogen) atoms. The summed E-state index contributed by atoms with van der Waals surface area (Å²) in [7, 11) is -7.29. The molecule has 0 unspecified atom stereocenters. The molecule has 0 amide bonds. The molecule has 1 fully saturated rings. The van der Waals surface area contributed by atoms with E-state index < -0.39 is 25.9 Å². The summed E-state index contributed by atoms with van der Waals surface area (Å²) in [5.41, 5.74) is 0.705. The molecule has 0 aromatic heterocycles. The number of rotatable bonds is 4. The van der Waals surface area contributed by atoms with Gasteiger partial charge >= 0.3 is 0 Å². The molecule has 1 heterocycles. The Kier molecular flexibility index (Phi) is 4.77. The monoisotopic (exact) mass is 355 g/mol. The normalized spacial score (nSPS) is 19.8. The van der Waals surface area contributed by atoms with Crippen LogP contribution in [0.4, 0.5) is 0 Å². The Labute approximate surface area is 136 Å². The van der Waals surface area contributed by atoms with E-state index in [1.165, 1.54) is 24.3 Å². The second-order valence-electron chi connectivity index (χ2n) is 5.52. The molecule has 0 radical (unpaired) electrons. The van der Waals surface area contributed by atoms with Crippen molar-refractivity contribution in [2.75, 3.05) is 11.5 Å². The fraction of sp³-hybridized carbons (Fsp3) is 0.429. The van der Waals surface area contributed by atoms with Gasteiger partial charge in [-0.3, -0.25) is 0 Å². The van der Waals surface area contributed by atoms with E-state index >= 15 is 0 Å². The first-order valence-electron chi connectivity index (χ1n) is 6.92. The zero-order valence-electron chi connectivity index (χ0n) is 12.8. The summed E-state index contributed by atoms with van der Waals surface area (Å²) in [4.78, 5) is -0.0779.